The highest BCUT2D eigenvalue weighted by atomic mass is 15.0. The Labute approximate surface area is 173 Å². The molecule has 0 saturated carbocycles. The zero-order valence-electron chi connectivity index (χ0n) is 16.0. The molecular weight excluding hydrogens is 370 g/mol. The highest BCUT2D eigenvalue weighted by Crippen LogP contribution is 2.56. The number of nitrogen functional groups attached to an aromatic ring is 2. The molecule has 3 aromatic carbocycles. The van der Waals surface area contributed by atoms with Crippen molar-refractivity contribution in [2.75, 3.05) is 11.5 Å². The van der Waals surface area contributed by atoms with E-state index in [9.17, 15) is 5.26 Å². The molecule has 5 nitrogen and oxygen atoms in total. The second-order valence-electron chi connectivity index (χ2n) is 7.77. The molecular formula is C25H17N5. The van der Waals surface area contributed by atoms with Gasteiger partial charge in [0.15, 0.2) is 0 Å². The van der Waals surface area contributed by atoms with Crippen LogP contribution in [0.4, 0.5) is 11.8 Å². The number of hydrogen-bond acceptors (Lipinski definition) is 5. The van der Waals surface area contributed by atoms with Crippen molar-refractivity contribution in [2.24, 2.45) is 0 Å². The van der Waals surface area contributed by atoms with E-state index in [1.54, 1.807) is 0 Å². The largest absolute Gasteiger partial charge is 0.382 e. The predicted molar refractivity (Wildman–Crippen MR) is 116 cm³/mol. The minimum atomic E-state index is 0.0661. The van der Waals surface area contributed by atoms with E-state index in [4.69, 9.17) is 11.5 Å². The smallest absolute Gasteiger partial charge is 0.222 e. The van der Waals surface area contributed by atoms with Gasteiger partial charge in [-0.25, -0.2) is 4.98 Å². The number of nitriles is 1. The number of nitrogens with two attached hydrogens (primary N) is 2. The minimum Gasteiger partial charge on any atom is -0.382 e. The van der Waals surface area contributed by atoms with Crippen LogP contribution in [0.2, 0.25) is 0 Å². The summed E-state index contributed by atoms with van der Waals surface area (Å²) in [6.07, 6.45) is 0. The molecule has 0 amide bonds. The van der Waals surface area contributed by atoms with Crippen LogP contribution in [-0.4, -0.2) is 9.97 Å². The van der Waals surface area contributed by atoms with Crippen molar-refractivity contribution in [1.29, 1.82) is 5.26 Å². The first-order valence-electron chi connectivity index (χ1n) is 9.82. The molecule has 0 atom stereocenters. The van der Waals surface area contributed by atoms with E-state index in [0.29, 0.717) is 5.69 Å². The normalized spacial score (nSPS) is 17.6. The number of rotatable bonds is 1. The van der Waals surface area contributed by atoms with Gasteiger partial charge in [-0.2, -0.15) is 10.2 Å². The first-order valence-corrected chi connectivity index (χ1v) is 9.82. The van der Waals surface area contributed by atoms with Gasteiger partial charge in [0.1, 0.15) is 17.5 Å². The summed E-state index contributed by atoms with van der Waals surface area (Å²) in [7, 11) is 0. The van der Waals surface area contributed by atoms with Gasteiger partial charge in [0.25, 0.3) is 0 Å². The molecule has 0 unspecified atom stereocenters. The van der Waals surface area contributed by atoms with Gasteiger partial charge < -0.3 is 11.5 Å². The maximum absolute atomic E-state index is 9.60. The molecule has 30 heavy (non-hydrogen) atoms. The Hall–Kier alpha value is -4.17. The molecule has 0 saturated heterocycles. The lowest BCUT2D eigenvalue weighted by Crippen LogP contribution is -2.27. The van der Waals surface area contributed by atoms with E-state index < -0.39 is 0 Å². The summed E-state index contributed by atoms with van der Waals surface area (Å²) in [5.74, 6) is 0.535. The monoisotopic (exact) mass is 387 g/mol. The summed E-state index contributed by atoms with van der Waals surface area (Å²) in [6.45, 7) is 0. The minimum absolute atomic E-state index is 0.0661. The molecule has 0 spiro atoms. The molecule has 2 bridgehead atoms. The van der Waals surface area contributed by atoms with Crippen LogP contribution in [0.3, 0.4) is 0 Å². The molecule has 1 aromatic heterocycles. The Morgan fingerprint density at radius 1 is 0.700 bits per heavy atom. The fourth-order valence-corrected chi connectivity index (χ4v) is 5.13. The molecule has 142 valence electrons. The van der Waals surface area contributed by atoms with Crippen LogP contribution in [0.15, 0.2) is 66.7 Å². The number of nitrogens with zero attached hydrogens (tertiary/aromatic N) is 3. The molecule has 4 aromatic rings. The lowest BCUT2D eigenvalue weighted by Gasteiger charge is -2.42. The standard InChI is InChI=1S/C25H17N5/c26-12-20-23(29-25(28)30-24(20)27)13-9-10-18-19(11-13)22-16-7-3-1-5-14(16)21(18)15-6-2-4-8-17(15)22/h1-11,21-22H,(H4,27,28,29,30). The van der Waals surface area contributed by atoms with Gasteiger partial charge in [0, 0.05) is 17.4 Å². The summed E-state index contributed by atoms with van der Waals surface area (Å²) < 4.78 is 0. The third-order valence-corrected chi connectivity index (χ3v) is 6.28. The number of hydrogen-bond donors (Lipinski definition) is 2. The summed E-state index contributed by atoms with van der Waals surface area (Å²) in [5.41, 5.74) is 21.3. The first-order chi connectivity index (χ1) is 14.7. The van der Waals surface area contributed by atoms with Gasteiger partial charge in [-0.15, -0.1) is 0 Å². The number of anilines is 2. The Balaban J connectivity index is 1.62. The lowest BCUT2D eigenvalue weighted by molar-refractivity contribution is 0.754. The molecule has 4 N–H and O–H groups in total. The molecule has 7 rings (SSSR count). The van der Waals surface area contributed by atoms with Crippen LogP contribution in [0.5, 0.6) is 0 Å². The Bertz CT molecular complexity index is 1350. The second kappa shape index (κ2) is 5.91. The fourth-order valence-electron chi connectivity index (χ4n) is 5.13. The van der Waals surface area contributed by atoms with Gasteiger partial charge in [0.2, 0.25) is 5.95 Å². The van der Waals surface area contributed by atoms with Crippen molar-refractivity contribution < 1.29 is 0 Å². The SMILES string of the molecule is N#Cc1c(N)nc(N)nc1-c1ccc2c(c1)C1c3ccccc3C2c2ccccc21. The van der Waals surface area contributed by atoms with Crippen LogP contribution in [0.1, 0.15) is 50.8 Å². The van der Waals surface area contributed by atoms with Crippen LogP contribution in [0.25, 0.3) is 11.3 Å². The van der Waals surface area contributed by atoms with Crippen LogP contribution in [-0.2, 0) is 0 Å². The fraction of sp³-hybridized carbons (Fsp3) is 0.0800. The highest BCUT2D eigenvalue weighted by Gasteiger charge is 2.41. The molecule has 0 aliphatic heterocycles. The Kier molecular flexibility index (Phi) is 3.30. The average molecular weight is 387 g/mol. The topological polar surface area (TPSA) is 102 Å². The van der Waals surface area contributed by atoms with Crippen molar-refractivity contribution in [2.45, 2.75) is 11.8 Å². The van der Waals surface area contributed by atoms with E-state index in [-0.39, 0.29) is 29.2 Å². The van der Waals surface area contributed by atoms with E-state index in [0.717, 1.165) is 5.56 Å². The zero-order chi connectivity index (χ0) is 20.4. The molecule has 3 aliphatic rings. The summed E-state index contributed by atoms with van der Waals surface area (Å²) in [5, 5.41) is 9.60. The van der Waals surface area contributed by atoms with Crippen molar-refractivity contribution in [3.63, 3.8) is 0 Å². The van der Waals surface area contributed by atoms with Crippen molar-refractivity contribution in [1.82, 2.24) is 9.97 Å². The van der Waals surface area contributed by atoms with Gasteiger partial charge >= 0.3 is 0 Å². The van der Waals surface area contributed by atoms with Gasteiger partial charge in [-0.1, -0.05) is 60.7 Å². The van der Waals surface area contributed by atoms with Crippen LogP contribution < -0.4 is 11.5 Å². The van der Waals surface area contributed by atoms with Crippen LogP contribution >= 0.6 is 0 Å². The summed E-state index contributed by atoms with van der Waals surface area (Å²) in [4.78, 5) is 8.28. The number of aromatic nitrogens is 2. The van der Waals surface area contributed by atoms with Crippen LogP contribution in [0, 0.1) is 11.3 Å². The highest BCUT2D eigenvalue weighted by molar-refractivity contribution is 5.76. The average Bonchev–Trinajstić information content (AvgIpc) is 2.78. The summed E-state index contributed by atoms with van der Waals surface area (Å²) >= 11 is 0. The van der Waals surface area contributed by atoms with Crippen molar-refractivity contribution in [3.05, 3.63) is 106 Å². The van der Waals surface area contributed by atoms with Crippen molar-refractivity contribution in [3.8, 4) is 17.3 Å². The quantitative estimate of drug-likeness (QED) is 0.441. The Morgan fingerprint density at radius 2 is 1.23 bits per heavy atom. The maximum atomic E-state index is 9.60. The van der Waals surface area contributed by atoms with Gasteiger partial charge in [-0.05, 0) is 39.4 Å². The lowest BCUT2D eigenvalue weighted by atomic mass is 9.61. The van der Waals surface area contributed by atoms with E-state index >= 15 is 0 Å². The summed E-state index contributed by atoms with van der Waals surface area (Å²) in [6, 6.07) is 25.8. The van der Waals surface area contributed by atoms with E-state index in [2.05, 4.69) is 76.7 Å². The molecule has 3 aliphatic carbocycles. The van der Waals surface area contributed by atoms with Gasteiger partial charge in [0.05, 0.1) is 5.69 Å². The third kappa shape index (κ3) is 2.10. The predicted octanol–water partition coefficient (Wildman–Crippen LogP) is 4.17. The third-order valence-electron chi connectivity index (χ3n) is 6.28. The first kappa shape index (κ1) is 16.8. The zero-order valence-corrected chi connectivity index (χ0v) is 16.0. The molecule has 0 radical (unpaired) electrons. The molecule has 5 heteroatoms. The van der Waals surface area contributed by atoms with Gasteiger partial charge in [-0.3, -0.25) is 0 Å². The molecule has 1 heterocycles. The molecule has 0 fully saturated rings. The number of benzene rings is 3. The van der Waals surface area contributed by atoms with E-state index in [1.807, 2.05) is 6.07 Å². The second-order valence-corrected chi connectivity index (χ2v) is 7.77. The maximum Gasteiger partial charge on any atom is 0.222 e. The van der Waals surface area contributed by atoms with Crippen molar-refractivity contribution >= 4 is 11.8 Å². The van der Waals surface area contributed by atoms with E-state index in [1.165, 1.54) is 33.4 Å². The Morgan fingerprint density at radius 3 is 1.80 bits per heavy atom.